The molecule has 0 unspecified atom stereocenters. The lowest BCUT2D eigenvalue weighted by molar-refractivity contribution is -0.136. The van der Waals surface area contributed by atoms with E-state index in [1.54, 1.807) is 15.9 Å². The van der Waals surface area contributed by atoms with Crippen molar-refractivity contribution < 1.29 is 9.59 Å². The lowest BCUT2D eigenvalue weighted by atomic mass is 10.2. The molecule has 0 aromatic heterocycles. The monoisotopic (exact) mass is 235 g/mol. The summed E-state index contributed by atoms with van der Waals surface area (Å²) in [6.45, 7) is 4.11. The summed E-state index contributed by atoms with van der Waals surface area (Å²) in [6, 6.07) is 1.84. The van der Waals surface area contributed by atoms with E-state index in [0.29, 0.717) is 26.2 Å². The number of rotatable bonds is 3. The van der Waals surface area contributed by atoms with Crippen LogP contribution in [0, 0.1) is 11.3 Å². The van der Waals surface area contributed by atoms with Crippen molar-refractivity contribution in [3.8, 4) is 6.07 Å². The Labute approximate surface area is 101 Å². The highest BCUT2D eigenvalue weighted by atomic mass is 16.2. The van der Waals surface area contributed by atoms with Crippen molar-refractivity contribution >= 4 is 11.8 Å². The van der Waals surface area contributed by atoms with Crippen LogP contribution in [0.4, 0.5) is 0 Å². The second-order valence-corrected chi connectivity index (χ2v) is 3.85. The van der Waals surface area contributed by atoms with E-state index in [0.717, 1.165) is 6.42 Å². The fraction of sp³-hybridized carbons (Fsp3) is 0.583. The molecule has 1 aliphatic heterocycles. The predicted octanol–water partition coefficient (Wildman–Crippen LogP) is 0.537. The van der Waals surface area contributed by atoms with Crippen LogP contribution in [0.5, 0.6) is 0 Å². The molecule has 0 aromatic rings. The standard InChI is InChI=1S/C12H17N3O2/c1-2-3-4-11(16)14-7-9-15(10-8-14)12(17)5-6-13/h3-4H,2,5,7-10H2,1H3/b4-3+. The minimum absolute atomic E-state index is 0.000711. The van der Waals surface area contributed by atoms with Crippen LogP contribution >= 0.6 is 0 Å². The zero-order chi connectivity index (χ0) is 12.7. The van der Waals surface area contributed by atoms with E-state index in [9.17, 15) is 9.59 Å². The summed E-state index contributed by atoms with van der Waals surface area (Å²) in [5.74, 6) is -0.150. The number of amides is 2. The highest BCUT2D eigenvalue weighted by molar-refractivity contribution is 5.88. The summed E-state index contributed by atoms with van der Waals surface area (Å²) < 4.78 is 0. The first-order valence-corrected chi connectivity index (χ1v) is 5.79. The number of carbonyl (C=O) groups excluding carboxylic acids is 2. The number of allylic oxidation sites excluding steroid dienone is 1. The minimum Gasteiger partial charge on any atom is -0.338 e. The number of carbonyl (C=O) groups is 2. The summed E-state index contributed by atoms with van der Waals surface area (Å²) in [4.78, 5) is 26.4. The van der Waals surface area contributed by atoms with Crippen molar-refractivity contribution in [3.63, 3.8) is 0 Å². The molecule has 0 atom stereocenters. The lowest BCUT2D eigenvalue weighted by Crippen LogP contribution is -2.50. The molecule has 2 amide bonds. The van der Waals surface area contributed by atoms with Crippen LogP contribution < -0.4 is 0 Å². The van der Waals surface area contributed by atoms with Crippen LogP contribution in [0.2, 0.25) is 0 Å². The third kappa shape index (κ3) is 3.91. The number of hydrogen-bond acceptors (Lipinski definition) is 3. The molecule has 0 saturated carbocycles. The Morgan fingerprint density at radius 2 is 1.82 bits per heavy atom. The summed E-state index contributed by atoms with van der Waals surface area (Å²) in [6.07, 6.45) is 4.17. The third-order valence-electron chi connectivity index (χ3n) is 2.67. The summed E-state index contributed by atoms with van der Waals surface area (Å²) in [7, 11) is 0. The molecule has 0 bridgehead atoms. The largest absolute Gasteiger partial charge is 0.338 e. The Morgan fingerprint density at radius 1 is 1.24 bits per heavy atom. The van der Waals surface area contributed by atoms with Crippen molar-refractivity contribution in [1.29, 1.82) is 5.26 Å². The van der Waals surface area contributed by atoms with E-state index >= 15 is 0 Å². The maximum Gasteiger partial charge on any atom is 0.246 e. The number of piperazine rings is 1. The zero-order valence-corrected chi connectivity index (χ0v) is 10.1. The summed E-state index contributed by atoms with van der Waals surface area (Å²) in [5, 5.41) is 8.43. The van der Waals surface area contributed by atoms with E-state index in [2.05, 4.69) is 0 Å². The smallest absolute Gasteiger partial charge is 0.246 e. The van der Waals surface area contributed by atoms with Gasteiger partial charge in [0.05, 0.1) is 6.07 Å². The maximum absolute atomic E-state index is 11.6. The van der Waals surface area contributed by atoms with Gasteiger partial charge in [-0.3, -0.25) is 9.59 Å². The highest BCUT2D eigenvalue weighted by Crippen LogP contribution is 2.04. The SMILES string of the molecule is CC/C=C/C(=O)N1CCN(C(=O)CC#N)CC1. The van der Waals surface area contributed by atoms with Crippen molar-refractivity contribution in [3.05, 3.63) is 12.2 Å². The number of hydrogen-bond donors (Lipinski definition) is 0. The second-order valence-electron chi connectivity index (χ2n) is 3.85. The van der Waals surface area contributed by atoms with E-state index in [4.69, 9.17) is 5.26 Å². The predicted molar refractivity (Wildman–Crippen MR) is 62.8 cm³/mol. The van der Waals surface area contributed by atoms with Gasteiger partial charge in [-0.1, -0.05) is 13.0 Å². The molecule has 5 nitrogen and oxygen atoms in total. The second kappa shape index (κ2) is 6.69. The first-order valence-electron chi connectivity index (χ1n) is 5.79. The molecule has 1 aliphatic rings. The molecular weight excluding hydrogens is 218 g/mol. The van der Waals surface area contributed by atoms with Gasteiger partial charge >= 0.3 is 0 Å². The Morgan fingerprint density at radius 3 is 2.35 bits per heavy atom. The third-order valence-corrected chi connectivity index (χ3v) is 2.67. The summed E-state index contributed by atoms with van der Waals surface area (Å²) >= 11 is 0. The van der Waals surface area contributed by atoms with Gasteiger partial charge in [0.2, 0.25) is 11.8 Å². The van der Waals surface area contributed by atoms with E-state index < -0.39 is 0 Å². The van der Waals surface area contributed by atoms with Gasteiger partial charge < -0.3 is 9.80 Å². The fourth-order valence-electron chi connectivity index (χ4n) is 1.68. The van der Waals surface area contributed by atoms with Crippen LogP contribution in [0.25, 0.3) is 0 Å². The van der Waals surface area contributed by atoms with Gasteiger partial charge in [0.15, 0.2) is 0 Å². The number of nitrogens with zero attached hydrogens (tertiary/aromatic N) is 3. The first kappa shape index (κ1) is 13.2. The molecule has 1 heterocycles. The van der Waals surface area contributed by atoms with Crippen LogP contribution in [0.3, 0.4) is 0 Å². The van der Waals surface area contributed by atoms with Crippen LogP contribution in [-0.4, -0.2) is 47.8 Å². The number of nitriles is 1. The molecule has 0 radical (unpaired) electrons. The van der Waals surface area contributed by atoms with Gasteiger partial charge in [-0.25, -0.2) is 0 Å². The Balaban J connectivity index is 2.41. The van der Waals surface area contributed by atoms with Gasteiger partial charge in [-0.2, -0.15) is 5.26 Å². The average molecular weight is 235 g/mol. The molecule has 17 heavy (non-hydrogen) atoms. The maximum atomic E-state index is 11.6. The minimum atomic E-state index is -0.149. The normalized spacial score (nSPS) is 16.0. The average Bonchev–Trinajstić information content (AvgIpc) is 2.36. The van der Waals surface area contributed by atoms with Gasteiger partial charge in [0, 0.05) is 26.2 Å². The summed E-state index contributed by atoms with van der Waals surface area (Å²) in [5.41, 5.74) is 0. The Kier molecular flexibility index (Phi) is 5.21. The van der Waals surface area contributed by atoms with E-state index in [1.165, 1.54) is 0 Å². The molecule has 1 fully saturated rings. The highest BCUT2D eigenvalue weighted by Gasteiger charge is 2.22. The van der Waals surface area contributed by atoms with Crippen LogP contribution in [0.15, 0.2) is 12.2 Å². The van der Waals surface area contributed by atoms with Gasteiger partial charge in [0.25, 0.3) is 0 Å². The van der Waals surface area contributed by atoms with Gasteiger partial charge in [0.1, 0.15) is 6.42 Å². The van der Waals surface area contributed by atoms with Crippen molar-refractivity contribution in [2.24, 2.45) is 0 Å². The quantitative estimate of drug-likeness (QED) is 0.670. The topological polar surface area (TPSA) is 64.4 Å². The van der Waals surface area contributed by atoms with Crippen molar-refractivity contribution in [2.75, 3.05) is 26.2 Å². The fourth-order valence-corrected chi connectivity index (χ4v) is 1.68. The first-order chi connectivity index (χ1) is 8.19. The molecule has 1 saturated heterocycles. The van der Waals surface area contributed by atoms with E-state index in [1.807, 2.05) is 19.1 Å². The van der Waals surface area contributed by atoms with Crippen LogP contribution in [-0.2, 0) is 9.59 Å². The molecule has 0 spiro atoms. The van der Waals surface area contributed by atoms with Crippen molar-refractivity contribution in [1.82, 2.24) is 9.80 Å². The molecule has 5 heteroatoms. The molecule has 92 valence electrons. The van der Waals surface area contributed by atoms with E-state index in [-0.39, 0.29) is 18.2 Å². The molecule has 0 aromatic carbocycles. The van der Waals surface area contributed by atoms with Gasteiger partial charge in [-0.05, 0) is 12.5 Å². The lowest BCUT2D eigenvalue weighted by Gasteiger charge is -2.33. The molecule has 1 rings (SSSR count). The zero-order valence-electron chi connectivity index (χ0n) is 10.1. The molecule has 0 aliphatic carbocycles. The molecular formula is C12H17N3O2. The van der Waals surface area contributed by atoms with Crippen LogP contribution in [0.1, 0.15) is 19.8 Å². The molecule has 0 N–H and O–H groups in total. The van der Waals surface area contributed by atoms with Gasteiger partial charge in [-0.15, -0.1) is 0 Å². The van der Waals surface area contributed by atoms with Crippen molar-refractivity contribution in [2.45, 2.75) is 19.8 Å². The Bertz CT molecular complexity index is 349. The Hall–Kier alpha value is -1.83.